The van der Waals surface area contributed by atoms with Gasteiger partial charge >= 0.3 is 6.18 Å². The predicted octanol–water partition coefficient (Wildman–Crippen LogP) is 6.94. The Morgan fingerprint density at radius 2 is 1.69 bits per heavy atom. The van der Waals surface area contributed by atoms with Crippen LogP contribution in [0.2, 0.25) is 15.1 Å². The third-order valence-electron chi connectivity index (χ3n) is 4.68. The SMILES string of the molecule is O=C(NNC(=O)C1CC1)c1ccc(C=CC(c2cc(Cl)c(Cl)c(Cl)c2)C(F)(F)F)cc1Br. The van der Waals surface area contributed by atoms with Crippen LogP contribution in [0, 0.1) is 5.92 Å². The number of allylic oxidation sites excluding steroid dienone is 1. The molecule has 0 aliphatic heterocycles. The molecule has 32 heavy (non-hydrogen) atoms. The highest BCUT2D eigenvalue weighted by Gasteiger charge is 2.39. The summed E-state index contributed by atoms with van der Waals surface area (Å²) in [4.78, 5) is 23.9. The largest absolute Gasteiger partial charge is 0.399 e. The van der Waals surface area contributed by atoms with Crippen LogP contribution in [0.15, 0.2) is 40.9 Å². The Hall–Kier alpha value is -1.74. The van der Waals surface area contributed by atoms with Gasteiger partial charge in [0, 0.05) is 10.4 Å². The second kappa shape index (κ2) is 10.0. The number of halogens is 7. The molecule has 0 aromatic heterocycles. The molecule has 4 nitrogen and oxygen atoms in total. The molecule has 170 valence electrons. The maximum absolute atomic E-state index is 13.7. The van der Waals surface area contributed by atoms with Crippen molar-refractivity contribution in [1.82, 2.24) is 10.9 Å². The van der Waals surface area contributed by atoms with E-state index in [0.29, 0.717) is 10.0 Å². The van der Waals surface area contributed by atoms with Gasteiger partial charge in [0.1, 0.15) is 0 Å². The fraction of sp³-hybridized carbons (Fsp3) is 0.238. The summed E-state index contributed by atoms with van der Waals surface area (Å²) in [6, 6.07) is 6.65. The Kier molecular flexibility index (Phi) is 7.81. The summed E-state index contributed by atoms with van der Waals surface area (Å²) >= 11 is 20.8. The van der Waals surface area contributed by atoms with E-state index in [1.54, 1.807) is 0 Å². The third-order valence-corrected chi connectivity index (χ3v) is 6.54. The van der Waals surface area contributed by atoms with Gasteiger partial charge in [0.15, 0.2) is 0 Å². The Bertz CT molecular complexity index is 1070. The summed E-state index contributed by atoms with van der Waals surface area (Å²) in [5, 5.41) is -0.180. The first kappa shape index (κ1) is 24.9. The van der Waals surface area contributed by atoms with Gasteiger partial charge in [-0.15, -0.1) is 0 Å². The van der Waals surface area contributed by atoms with Crippen molar-refractivity contribution in [1.29, 1.82) is 0 Å². The number of hydrogen-bond acceptors (Lipinski definition) is 2. The molecule has 1 atom stereocenters. The predicted molar refractivity (Wildman–Crippen MR) is 122 cm³/mol. The van der Waals surface area contributed by atoms with E-state index in [0.717, 1.165) is 31.1 Å². The molecule has 0 heterocycles. The van der Waals surface area contributed by atoms with E-state index in [4.69, 9.17) is 34.8 Å². The van der Waals surface area contributed by atoms with E-state index >= 15 is 0 Å². The number of rotatable bonds is 5. The molecule has 2 amide bonds. The number of carbonyl (C=O) groups excluding carboxylic acids is 2. The lowest BCUT2D eigenvalue weighted by Crippen LogP contribution is -2.42. The zero-order valence-electron chi connectivity index (χ0n) is 16.1. The van der Waals surface area contributed by atoms with Gasteiger partial charge in [0.05, 0.1) is 26.5 Å². The number of carbonyl (C=O) groups is 2. The molecular formula is C21H15BrCl3F3N2O2. The number of alkyl halides is 3. The highest BCUT2D eigenvalue weighted by atomic mass is 79.9. The van der Waals surface area contributed by atoms with E-state index in [-0.39, 0.29) is 38.0 Å². The maximum atomic E-state index is 13.7. The summed E-state index contributed by atoms with van der Waals surface area (Å²) in [7, 11) is 0. The highest BCUT2D eigenvalue weighted by molar-refractivity contribution is 9.10. The second-order valence-corrected chi connectivity index (χ2v) is 9.18. The molecule has 2 aromatic rings. The number of nitrogens with one attached hydrogen (secondary N) is 2. The molecule has 1 saturated carbocycles. The molecule has 3 rings (SSSR count). The zero-order valence-corrected chi connectivity index (χ0v) is 19.9. The van der Waals surface area contributed by atoms with Crippen molar-refractivity contribution in [3.05, 3.63) is 72.6 Å². The minimum absolute atomic E-state index is 0.0203. The third kappa shape index (κ3) is 6.19. The van der Waals surface area contributed by atoms with Gasteiger partial charge in [-0.2, -0.15) is 13.2 Å². The van der Waals surface area contributed by atoms with E-state index in [1.807, 2.05) is 0 Å². The van der Waals surface area contributed by atoms with Crippen molar-refractivity contribution in [2.45, 2.75) is 24.9 Å². The summed E-state index contributed by atoms with van der Waals surface area (Å²) in [6.07, 6.45) is -0.781. The van der Waals surface area contributed by atoms with Crippen LogP contribution >= 0.6 is 50.7 Å². The van der Waals surface area contributed by atoms with Crippen molar-refractivity contribution in [2.75, 3.05) is 0 Å². The lowest BCUT2D eigenvalue weighted by Gasteiger charge is -2.18. The van der Waals surface area contributed by atoms with Crippen LogP contribution in [0.3, 0.4) is 0 Å². The van der Waals surface area contributed by atoms with Crippen LogP contribution in [0.4, 0.5) is 13.2 Å². The Labute approximate surface area is 205 Å². The average molecular weight is 571 g/mol. The van der Waals surface area contributed by atoms with E-state index in [9.17, 15) is 22.8 Å². The topological polar surface area (TPSA) is 58.2 Å². The average Bonchev–Trinajstić information content (AvgIpc) is 3.54. The standard InChI is InChI=1S/C21H15BrCl3F3N2O2/c22-15-7-10(1-5-13(15)20(32)30-29-19(31)11-3-4-11)2-6-14(21(26,27)28)12-8-16(23)18(25)17(24)9-12/h1-2,5-9,11,14H,3-4H2,(H,29,31)(H,30,32). The number of amides is 2. The second-order valence-electron chi connectivity index (χ2n) is 7.13. The Balaban J connectivity index is 1.78. The maximum Gasteiger partial charge on any atom is 0.399 e. The molecule has 0 bridgehead atoms. The van der Waals surface area contributed by atoms with Crippen molar-refractivity contribution in [3.63, 3.8) is 0 Å². The fourth-order valence-electron chi connectivity index (χ4n) is 2.82. The molecule has 1 fully saturated rings. The van der Waals surface area contributed by atoms with Gasteiger partial charge in [-0.1, -0.05) is 53.0 Å². The summed E-state index contributed by atoms with van der Waals surface area (Å²) in [6.45, 7) is 0. The van der Waals surface area contributed by atoms with Crippen molar-refractivity contribution >= 4 is 68.6 Å². The van der Waals surface area contributed by atoms with Crippen LogP contribution in [0.25, 0.3) is 6.08 Å². The van der Waals surface area contributed by atoms with E-state index in [1.165, 1.54) is 24.3 Å². The van der Waals surface area contributed by atoms with Gasteiger partial charge in [0.2, 0.25) is 5.91 Å². The Morgan fingerprint density at radius 1 is 1.06 bits per heavy atom. The monoisotopic (exact) mass is 568 g/mol. The van der Waals surface area contributed by atoms with Crippen LogP contribution in [-0.2, 0) is 4.79 Å². The molecule has 0 radical (unpaired) electrons. The van der Waals surface area contributed by atoms with E-state index < -0.39 is 18.0 Å². The van der Waals surface area contributed by atoms with Gasteiger partial charge in [-0.25, -0.2) is 0 Å². The van der Waals surface area contributed by atoms with Crippen molar-refractivity contribution < 1.29 is 22.8 Å². The summed E-state index contributed by atoms with van der Waals surface area (Å²) in [5.74, 6) is -2.86. The first-order chi connectivity index (χ1) is 15.0. The zero-order chi connectivity index (χ0) is 23.6. The molecular weight excluding hydrogens is 556 g/mol. The molecule has 1 aliphatic carbocycles. The first-order valence-corrected chi connectivity index (χ1v) is 11.2. The van der Waals surface area contributed by atoms with Crippen LogP contribution in [-0.4, -0.2) is 18.0 Å². The van der Waals surface area contributed by atoms with Crippen LogP contribution in [0.5, 0.6) is 0 Å². The van der Waals surface area contributed by atoms with Gasteiger partial charge in [-0.3, -0.25) is 20.4 Å². The minimum Gasteiger partial charge on any atom is -0.273 e. The summed E-state index contributed by atoms with van der Waals surface area (Å²) in [5.41, 5.74) is 5.12. The fourth-order valence-corrected chi connectivity index (χ4v) is 4.01. The molecule has 1 aliphatic rings. The molecule has 2 aromatic carbocycles. The van der Waals surface area contributed by atoms with Crippen LogP contribution < -0.4 is 10.9 Å². The smallest absolute Gasteiger partial charge is 0.273 e. The minimum atomic E-state index is -4.60. The molecule has 0 spiro atoms. The van der Waals surface area contributed by atoms with Crippen LogP contribution in [0.1, 0.15) is 40.2 Å². The lowest BCUT2D eigenvalue weighted by atomic mass is 9.97. The highest BCUT2D eigenvalue weighted by Crippen LogP contribution is 2.41. The Morgan fingerprint density at radius 3 is 2.22 bits per heavy atom. The van der Waals surface area contributed by atoms with Gasteiger partial charge in [-0.05, 0) is 64.2 Å². The van der Waals surface area contributed by atoms with E-state index in [2.05, 4.69) is 26.8 Å². The van der Waals surface area contributed by atoms with Gasteiger partial charge in [0.25, 0.3) is 5.91 Å². The number of benzene rings is 2. The lowest BCUT2D eigenvalue weighted by molar-refractivity contribution is -0.139. The molecule has 2 N–H and O–H groups in total. The summed E-state index contributed by atoms with van der Waals surface area (Å²) < 4.78 is 41.3. The molecule has 0 saturated heterocycles. The van der Waals surface area contributed by atoms with Crippen molar-refractivity contribution in [3.8, 4) is 0 Å². The van der Waals surface area contributed by atoms with Crippen molar-refractivity contribution in [2.24, 2.45) is 5.92 Å². The number of hydrazine groups is 1. The quantitative estimate of drug-likeness (QED) is 0.302. The number of hydrogen-bond donors (Lipinski definition) is 2. The normalized spacial score (nSPS) is 15.0. The molecule has 1 unspecified atom stereocenters. The first-order valence-electron chi connectivity index (χ1n) is 9.26. The molecule has 11 heteroatoms. The van der Waals surface area contributed by atoms with Gasteiger partial charge < -0.3 is 0 Å².